The summed E-state index contributed by atoms with van der Waals surface area (Å²) in [5.74, 6) is 0.777. The minimum atomic E-state index is 0.565. The Morgan fingerprint density at radius 1 is 1.22 bits per heavy atom. The molecule has 2 aliphatic heterocycles. The van der Waals surface area contributed by atoms with Crippen molar-refractivity contribution in [2.45, 2.75) is 32.1 Å². The zero-order valence-corrected chi connectivity index (χ0v) is 16.8. The molecule has 0 bridgehead atoms. The van der Waals surface area contributed by atoms with Gasteiger partial charge < -0.3 is 10.1 Å². The van der Waals surface area contributed by atoms with E-state index in [-0.39, 0.29) is 0 Å². The van der Waals surface area contributed by atoms with Crippen LogP contribution in [0, 0.1) is 0 Å². The molecule has 3 heterocycles. The minimum absolute atomic E-state index is 0.565. The second-order valence-corrected chi connectivity index (χ2v) is 8.08. The molecule has 140 valence electrons. The van der Waals surface area contributed by atoms with Gasteiger partial charge in [0.2, 0.25) is 0 Å². The van der Waals surface area contributed by atoms with Crippen molar-refractivity contribution in [2.24, 2.45) is 10.1 Å². The Morgan fingerprint density at radius 3 is 2.85 bits per heavy atom. The normalized spacial score (nSPS) is 17.2. The summed E-state index contributed by atoms with van der Waals surface area (Å²) < 4.78 is 1.02. The second kappa shape index (κ2) is 8.31. The van der Waals surface area contributed by atoms with E-state index in [4.69, 9.17) is 4.99 Å². The monoisotopic (exact) mass is 426 g/mol. The largest absolute Gasteiger partial charge is 0.411 e. The predicted molar refractivity (Wildman–Crippen MR) is 111 cm³/mol. The van der Waals surface area contributed by atoms with Crippen LogP contribution in [0.3, 0.4) is 0 Å². The summed E-state index contributed by atoms with van der Waals surface area (Å²) in [5, 5.41) is 13.3. The first-order valence-electron chi connectivity index (χ1n) is 9.45. The third-order valence-corrected chi connectivity index (χ3v) is 5.78. The van der Waals surface area contributed by atoms with Gasteiger partial charge in [-0.1, -0.05) is 33.2 Å². The SMILES string of the molecule is O/N=C(\Cc1cccc(Br)c1)c1ccnc2c1CC(CCN1CCCC1)=N2. The van der Waals surface area contributed by atoms with Crippen LogP contribution in [0.15, 0.2) is 51.1 Å². The average molecular weight is 427 g/mol. The summed E-state index contributed by atoms with van der Waals surface area (Å²) in [4.78, 5) is 11.7. The van der Waals surface area contributed by atoms with Crippen LogP contribution in [-0.2, 0) is 12.8 Å². The number of halogens is 1. The lowest BCUT2D eigenvalue weighted by atomic mass is 9.96. The van der Waals surface area contributed by atoms with E-state index >= 15 is 0 Å². The maximum atomic E-state index is 9.67. The lowest BCUT2D eigenvalue weighted by Crippen LogP contribution is -2.22. The topological polar surface area (TPSA) is 61.1 Å². The number of benzene rings is 1. The molecule has 2 aromatic rings. The molecule has 1 aromatic carbocycles. The van der Waals surface area contributed by atoms with Gasteiger partial charge in [-0.15, -0.1) is 0 Å². The van der Waals surface area contributed by atoms with Crippen LogP contribution in [0.5, 0.6) is 0 Å². The van der Waals surface area contributed by atoms with Gasteiger partial charge in [-0.3, -0.25) is 0 Å². The molecule has 1 N–H and O–H groups in total. The highest BCUT2D eigenvalue weighted by Gasteiger charge is 2.23. The predicted octanol–water partition coefficient (Wildman–Crippen LogP) is 4.38. The molecule has 1 fully saturated rings. The van der Waals surface area contributed by atoms with Crippen molar-refractivity contribution in [3.63, 3.8) is 0 Å². The summed E-state index contributed by atoms with van der Waals surface area (Å²) in [6, 6.07) is 10.00. The molecule has 27 heavy (non-hydrogen) atoms. The Balaban J connectivity index is 1.49. The number of rotatable bonds is 6. The quantitative estimate of drug-likeness (QED) is 0.423. The molecule has 0 atom stereocenters. The zero-order chi connectivity index (χ0) is 18.6. The first-order chi connectivity index (χ1) is 13.2. The lowest BCUT2D eigenvalue weighted by Gasteiger charge is -2.14. The number of hydrogen-bond acceptors (Lipinski definition) is 5. The van der Waals surface area contributed by atoms with Gasteiger partial charge in [-0.2, -0.15) is 0 Å². The summed E-state index contributed by atoms with van der Waals surface area (Å²) in [7, 11) is 0. The van der Waals surface area contributed by atoms with E-state index < -0.39 is 0 Å². The van der Waals surface area contributed by atoms with E-state index in [9.17, 15) is 5.21 Å². The molecule has 4 rings (SSSR count). The van der Waals surface area contributed by atoms with Gasteiger partial charge >= 0.3 is 0 Å². The number of aromatic nitrogens is 1. The zero-order valence-electron chi connectivity index (χ0n) is 15.2. The van der Waals surface area contributed by atoms with Crippen LogP contribution in [0.25, 0.3) is 0 Å². The van der Waals surface area contributed by atoms with Crippen molar-refractivity contribution < 1.29 is 5.21 Å². The highest BCUT2D eigenvalue weighted by atomic mass is 79.9. The number of aliphatic imine (C=N–C) groups is 1. The second-order valence-electron chi connectivity index (χ2n) is 7.17. The molecule has 2 aliphatic rings. The average Bonchev–Trinajstić information content (AvgIpc) is 3.33. The van der Waals surface area contributed by atoms with E-state index in [0.717, 1.165) is 46.4 Å². The van der Waals surface area contributed by atoms with Gasteiger partial charge in [-0.05, 0) is 56.1 Å². The van der Waals surface area contributed by atoms with Crippen LogP contribution in [-0.4, -0.2) is 46.1 Å². The molecule has 5 nitrogen and oxygen atoms in total. The summed E-state index contributed by atoms with van der Waals surface area (Å²) in [6.45, 7) is 3.48. The van der Waals surface area contributed by atoms with Gasteiger partial charge in [0.1, 0.15) is 0 Å². The van der Waals surface area contributed by atoms with Crippen molar-refractivity contribution in [2.75, 3.05) is 19.6 Å². The van der Waals surface area contributed by atoms with Crippen molar-refractivity contribution in [1.82, 2.24) is 9.88 Å². The number of oxime groups is 1. The van der Waals surface area contributed by atoms with E-state index in [2.05, 4.69) is 31.0 Å². The summed E-state index contributed by atoms with van der Waals surface area (Å²) >= 11 is 3.50. The van der Waals surface area contributed by atoms with Gasteiger partial charge in [0.05, 0.1) is 5.71 Å². The van der Waals surface area contributed by atoms with Gasteiger partial charge in [-0.25, -0.2) is 9.98 Å². The smallest absolute Gasteiger partial charge is 0.155 e. The Bertz CT molecular complexity index is 888. The number of fused-ring (bicyclic) bond motifs is 1. The highest BCUT2D eigenvalue weighted by Crippen LogP contribution is 2.29. The fraction of sp³-hybridized carbons (Fsp3) is 0.381. The third kappa shape index (κ3) is 4.28. The van der Waals surface area contributed by atoms with Crippen molar-refractivity contribution in [1.29, 1.82) is 0 Å². The Hall–Kier alpha value is -2.05. The molecule has 0 amide bonds. The molecular formula is C21H23BrN4O. The van der Waals surface area contributed by atoms with E-state index in [1.165, 1.54) is 31.6 Å². The Kier molecular flexibility index (Phi) is 5.64. The summed E-state index contributed by atoms with van der Waals surface area (Å²) in [5.41, 5.74) is 4.95. The fourth-order valence-corrected chi connectivity index (χ4v) is 4.32. The summed E-state index contributed by atoms with van der Waals surface area (Å²) in [6.07, 6.45) is 6.72. The van der Waals surface area contributed by atoms with Crippen LogP contribution in [0.4, 0.5) is 5.82 Å². The van der Waals surface area contributed by atoms with Crippen LogP contribution >= 0.6 is 15.9 Å². The number of nitrogens with zero attached hydrogens (tertiary/aromatic N) is 4. The molecule has 0 radical (unpaired) electrons. The van der Waals surface area contributed by atoms with Crippen molar-refractivity contribution >= 4 is 33.2 Å². The maximum absolute atomic E-state index is 9.67. The molecule has 1 aromatic heterocycles. The van der Waals surface area contributed by atoms with Crippen molar-refractivity contribution in [3.05, 3.63) is 57.7 Å². The Labute approximate surface area is 168 Å². The van der Waals surface area contributed by atoms with Gasteiger partial charge in [0, 0.05) is 46.9 Å². The lowest BCUT2D eigenvalue weighted by molar-refractivity contribution is 0.318. The number of hydrogen-bond donors (Lipinski definition) is 1. The maximum Gasteiger partial charge on any atom is 0.155 e. The van der Waals surface area contributed by atoms with E-state index in [1.54, 1.807) is 6.20 Å². The molecule has 0 spiro atoms. The molecule has 1 saturated heterocycles. The van der Waals surface area contributed by atoms with Crippen LogP contribution in [0.2, 0.25) is 0 Å². The minimum Gasteiger partial charge on any atom is -0.411 e. The van der Waals surface area contributed by atoms with E-state index in [1.807, 2.05) is 30.3 Å². The van der Waals surface area contributed by atoms with Crippen LogP contribution < -0.4 is 0 Å². The third-order valence-electron chi connectivity index (χ3n) is 5.29. The number of pyridine rings is 1. The standard InChI is InChI=1S/C21H23BrN4O/c22-16-5-3-4-15(12-16)13-20(25-27)18-6-8-23-21-19(18)14-17(24-21)7-11-26-9-1-2-10-26/h3-6,8,12,27H,1-2,7,9-11,13-14H2/b25-20+. The fourth-order valence-electron chi connectivity index (χ4n) is 3.88. The van der Waals surface area contributed by atoms with Gasteiger partial charge in [0.25, 0.3) is 0 Å². The van der Waals surface area contributed by atoms with Crippen molar-refractivity contribution in [3.8, 4) is 0 Å². The Morgan fingerprint density at radius 2 is 2.07 bits per heavy atom. The molecule has 0 aliphatic carbocycles. The molecular weight excluding hydrogens is 404 g/mol. The highest BCUT2D eigenvalue weighted by molar-refractivity contribution is 9.10. The van der Waals surface area contributed by atoms with Gasteiger partial charge in [0.15, 0.2) is 5.82 Å². The van der Waals surface area contributed by atoms with Crippen LogP contribution in [0.1, 0.15) is 36.0 Å². The molecule has 6 heteroatoms. The number of likely N-dealkylation sites (tertiary alicyclic amines) is 1. The van der Waals surface area contributed by atoms with E-state index in [0.29, 0.717) is 12.1 Å². The first-order valence-corrected chi connectivity index (χ1v) is 10.2. The molecule has 0 unspecified atom stereocenters. The first kappa shape index (κ1) is 18.3. The molecule has 0 saturated carbocycles.